The van der Waals surface area contributed by atoms with Crippen molar-refractivity contribution in [2.45, 2.75) is 4.90 Å². The van der Waals surface area contributed by atoms with Gasteiger partial charge in [-0.25, -0.2) is 13.1 Å². The molecule has 4 rings (SSSR count). The number of aromatic nitrogens is 4. The van der Waals surface area contributed by atoms with E-state index in [2.05, 4.69) is 42.6 Å². The number of sulfonamides is 1. The minimum absolute atomic E-state index is 0.0988. The highest BCUT2D eigenvalue weighted by Gasteiger charge is 2.14. The molecule has 11 heteroatoms. The van der Waals surface area contributed by atoms with Crippen molar-refractivity contribution < 1.29 is 17.9 Å². The summed E-state index contributed by atoms with van der Waals surface area (Å²) in [5.41, 5.74) is 1.39. The maximum Gasteiger partial charge on any atom is 0.240 e. The Morgan fingerprint density at radius 1 is 1.00 bits per heavy atom. The van der Waals surface area contributed by atoms with Crippen LogP contribution in [0.5, 0.6) is 11.6 Å². The molecule has 0 atom stereocenters. The van der Waals surface area contributed by atoms with E-state index in [0.29, 0.717) is 17.4 Å². The summed E-state index contributed by atoms with van der Waals surface area (Å²) in [5, 5.41) is 12.7. The number of nitrogens with zero attached hydrogens (tertiary/aromatic N) is 4. The van der Waals surface area contributed by atoms with Crippen molar-refractivity contribution in [3.63, 3.8) is 0 Å². The molecule has 0 amide bonds. The van der Waals surface area contributed by atoms with Gasteiger partial charge in [-0.1, -0.05) is 0 Å². The molecule has 0 saturated carbocycles. The van der Waals surface area contributed by atoms with Crippen LogP contribution in [0.3, 0.4) is 0 Å². The van der Waals surface area contributed by atoms with Crippen LogP contribution < -0.4 is 14.2 Å². The van der Waals surface area contributed by atoms with Gasteiger partial charge in [0.2, 0.25) is 15.9 Å². The van der Waals surface area contributed by atoms with Crippen LogP contribution in [0.25, 0.3) is 17.0 Å². The predicted octanol–water partition coefficient (Wildman–Crippen LogP) is 2.76. The summed E-state index contributed by atoms with van der Waals surface area (Å²) >= 11 is 2.12. The van der Waals surface area contributed by atoms with E-state index in [1.165, 1.54) is 0 Å². The molecule has 2 aromatic heterocycles. The molecule has 0 unspecified atom stereocenters. The van der Waals surface area contributed by atoms with Gasteiger partial charge in [-0.2, -0.15) is 4.52 Å². The number of rotatable bonds is 8. The Kier molecular flexibility index (Phi) is 6.34. The number of hydrogen-bond donors (Lipinski definition) is 1. The minimum atomic E-state index is -3.59. The summed E-state index contributed by atoms with van der Waals surface area (Å²) in [6.45, 7) is 0.212. The number of methoxy groups -OCH3 is 1. The Balaban J connectivity index is 1.42. The smallest absolute Gasteiger partial charge is 0.240 e. The number of halogens is 1. The third kappa shape index (κ3) is 4.94. The number of hydrogen-bond acceptors (Lipinski definition) is 7. The van der Waals surface area contributed by atoms with Crippen LogP contribution in [0.4, 0.5) is 0 Å². The van der Waals surface area contributed by atoms with Gasteiger partial charge in [0, 0.05) is 21.7 Å². The number of nitrogens with one attached hydrogen (secondary N) is 1. The van der Waals surface area contributed by atoms with Gasteiger partial charge in [0.05, 0.1) is 12.0 Å². The van der Waals surface area contributed by atoms with Gasteiger partial charge < -0.3 is 9.47 Å². The molecule has 0 spiro atoms. The van der Waals surface area contributed by atoms with E-state index < -0.39 is 10.0 Å². The zero-order valence-corrected chi connectivity index (χ0v) is 19.4. The van der Waals surface area contributed by atoms with Crippen LogP contribution in [-0.2, 0) is 10.0 Å². The maximum absolute atomic E-state index is 12.3. The van der Waals surface area contributed by atoms with E-state index >= 15 is 0 Å². The Labute approximate surface area is 192 Å². The third-order valence-electron chi connectivity index (χ3n) is 4.35. The average Bonchev–Trinajstić information content (AvgIpc) is 3.20. The number of fused-ring (bicyclic) bond motifs is 1. The molecule has 4 aromatic rings. The summed E-state index contributed by atoms with van der Waals surface area (Å²) in [6.07, 6.45) is 0. The first-order valence-electron chi connectivity index (χ1n) is 9.21. The largest absolute Gasteiger partial charge is 0.497 e. The Morgan fingerprint density at radius 2 is 1.74 bits per heavy atom. The first kappa shape index (κ1) is 21.5. The average molecular weight is 551 g/mol. The molecule has 0 aliphatic carbocycles. The van der Waals surface area contributed by atoms with Gasteiger partial charge in [-0.3, -0.25) is 0 Å². The molecule has 9 nitrogen and oxygen atoms in total. The highest BCUT2D eigenvalue weighted by Crippen LogP contribution is 2.22. The number of benzene rings is 2. The second-order valence-electron chi connectivity index (χ2n) is 6.39. The van der Waals surface area contributed by atoms with E-state index in [-0.39, 0.29) is 18.0 Å². The highest BCUT2D eigenvalue weighted by atomic mass is 127. The van der Waals surface area contributed by atoms with Crippen LogP contribution in [0, 0.1) is 3.57 Å². The van der Waals surface area contributed by atoms with Crippen molar-refractivity contribution in [1.29, 1.82) is 0 Å². The lowest BCUT2D eigenvalue weighted by atomic mass is 10.2. The quantitative estimate of drug-likeness (QED) is 0.265. The van der Waals surface area contributed by atoms with Crippen LogP contribution in [0.2, 0.25) is 0 Å². The molecule has 0 aliphatic rings. The third-order valence-corrected chi connectivity index (χ3v) is 6.55. The Hall–Kier alpha value is -2.77. The summed E-state index contributed by atoms with van der Waals surface area (Å²) in [4.78, 5) is 0.209. The molecule has 0 aliphatic heterocycles. The van der Waals surface area contributed by atoms with Gasteiger partial charge in [0.1, 0.15) is 12.4 Å². The second kappa shape index (κ2) is 9.16. The maximum atomic E-state index is 12.3. The summed E-state index contributed by atoms with van der Waals surface area (Å²) < 4.78 is 40.5. The van der Waals surface area contributed by atoms with E-state index in [1.54, 1.807) is 48.0 Å². The van der Waals surface area contributed by atoms with Crippen molar-refractivity contribution in [2.24, 2.45) is 0 Å². The molecular formula is C20H18IN5O4S. The molecule has 2 aromatic carbocycles. The van der Waals surface area contributed by atoms with Crippen molar-refractivity contribution in [2.75, 3.05) is 20.3 Å². The molecule has 0 radical (unpaired) electrons. The predicted molar refractivity (Wildman–Crippen MR) is 123 cm³/mol. The number of ether oxygens (including phenoxy) is 2. The van der Waals surface area contributed by atoms with Gasteiger partial charge in [0.25, 0.3) is 0 Å². The van der Waals surface area contributed by atoms with Crippen molar-refractivity contribution in [3.8, 4) is 23.0 Å². The first-order chi connectivity index (χ1) is 15.0. The van der Waals surface area contributed by atoms with Crippen LogP contribution in [-0.4, -0.2) is 48.5 Å². The Morgan fingerprint density at radius 3 is 2.45 bits per heavy atom. The topological polar surface area (TPSA) is 108 Å². The monoisotopic (exact) mass is 551 g/mol. The standard InChI is InChI=1S/C20H18IN5O4S/c1-29-16-6-2-14(3-7-16)20-24-23-18-10-11-19(25-26(18)20)30-13-12-22-31(27,28)17-8-4-15(21)5-9-17/h2-11,22H,12-13H2,1H3. The zero-order chi connectivity index (χ0) is 21.8. The molecule has 0 fully saturated rings. The van der Waals surface area contributed by atoms with Crippen LogP contribution >= 0.6 is 22.6 Å². The first-order valence-corrected chi connectivity index (χ1v) is 11.8. The van der Waals surface area contributed by atoms with Gasteiger partial charge in [-0.05, 0) is 77.2 Å². The van der Waals surface area contributed by atoms with Crippen molar-refractivity contribution in [3.05, 3.63) is 64.2 Å². The zero-order valence-electron chi connectivity index (χ0n) is 16.4. The summed E-state index contributed by atoms with van der Waals surface area (Å²) in [5.74, 6) is 1.63. The fourth-order valence-electron chi connectivity index (χ4n) is 2.80. The van der Waals surface area contributed by atoms with E-state index in [0.717, 1.165) is 14.9 Å². The fraction of sp³-hybridized carbons (Fsp3) is 0.150. The minimum Gasteiger partial charge on any atom is -0.497 e. The van der Waals surface area contributed by atoms with Crippen LogP contribution in [0.15, 0.2) is 65.6 Å². The lowest BCUT2D eigenvalue weighted by Gasteiger charge is -2.08. The molecular weight excluding hydrogens is 533 g/mol. The lowest BCUT2D eigenvalue weighted by molar-refractivity contribution is 0.306. The van der Waals surface area contributed by atoms with Crippen LogP contribution in [0.1, 0.15) is 0 Å². The molecule has 0 bridgehead atoms. The van der Waals surface area contributed by atoms with Gasteiger partial charge in [-0.15, -0.1) is 15.3 Å². The van der Waals surface area contributed by atoms with Gasteiger partial charge >= 0.3 is 0 Å². The highest BCUT2D eigenvalue weighted by molar-refractivity contribution is 14.1. The molecule has 0 saturated heterocycles. The summed E-state index contributed by atoms with van der Waals surface area (Å²) in [6, 6.07) is 17.4. The normalized spacial score (nSPS) is 11.5. The van der Waals surface area contributed by atoms with Gasteiger partial charge in [0.15, 0.2) is 11.5 Å². The fourth-order valence-corrected chi connectivity index (χ4v) is 4.17. The van der Waals surface area contributed by atoms with E-state index in [1.807, 2.05) is 24.3 Å². The summed E-state index contributed by atoms with van der Waals surface area (Å²) in [7, 11) is -1.99. The van der Waals surface area contributed by atoms with Crippen molar-refractivity contribution in [1.82, 2.24) is 24.5 Å². The second-order valence-corrected chi connectivity index (χ2v) is 9.41. The molecule has 1 N–H and O–H groups in total. The molecule has 160 valence electrons. The van der Waals surface area contributed by atoms with Crippen molar-refractivity contribution >= 4 is 38.3 Å². The van der Waals surface area contributed by atoms with E-state index in [9.17, 15) is 8.42 Å². The lowest BCUT2D eigenvalue weighted by Crippen LogP contribution is -2.28. The van der Waals surface area contributed by atoms with E-state index in [4.69, 9.17) is 9.47 Å². The Bertz CT molecular complexity index is 1290. The molecule has 2 heterocycles. The SMILES string of the molecule is COc1ccc(-c2nnc3ccc(OCCNS(=O)(=O)c4ccc(I)cc4)nn23)cc1. The molecule has 31 heavy (non-hydrogen) atoms.